The zero-order valence-corrected chi connectivity index (χ0v) is 12.2. The highest BCUT2D eigenvalue weighted by molar-refractivity contribution is 5.77. The number of ether oxygens (including phenoxy) is 2. The third-order valence-electron chi connectivity index (χ3n) is 3.84. The maximum absolute atomic E-state index is 11.7. The van der Waals surface area contributed by atoms with Crippen molar-refractivity contribution in [3.05, 3.63) is 29.8 Å². The topological polar surface area (TPSA) is 88.0 Å². The van der Waals surface area contributed by atoms with Crippen LogP contribution in [0, 0.1) is 0 Å². The molecule has 116 valence electrons. The van der Waals surface area contributed by atoms with Gasteiger partial charge in [-0.1, -0.05) is 12.1 Å². The molecule has 6 heteroatoms. The molecule has 1 aromatic rings. The number of methoxy groups -OCH3 is 2. The van der Waals surface area contributed by atoms with Crippen molar-refractivity contribution in [3.8, 4) is 5.75 Å². The summed E-state index contributed by atoms with van der Waals surface area (Å²) >= 11 is 0. The molecule has 0 saturated heterocycles. The summed E-state index contributed by atoms with van der Waals surface area (Å²) in [5, 5.41) is 22.7. The van der Waals surface area contributed by atoms with Crippen molar-refractivity contribution in [2.75, 3.05) is 20.8 Å². The molecule has 2 rings (SSSR count). The van der Waals surface area contributed by atoms with E-state index in [1.807, 2.05) is 24.3 Å². The average molecular weight is 295 g/mol. The monoisotopic (exact) mass is 295 g/mol. The minimum absolute atomic E-state index is 0.0748. The summed E-state index contributed by atoms with van der Waals surface area (Å²) < 4.78 is 9.89. The van der Waals surface area contributed by atoms with Crippen LogP contribution in [0.2, 0.25) is 0 Å². The van der Waals surface area contributed by atoms with Gasteiger partial charge in [0, 0.05) is 13.0 Å². The van der Waals surface area contributed by atoms with Crippen molar-refractivity contribution >= 4 is 5.91 Å². The number of hydrogen-bond donors (Lipinski definition) is 3. The summed E-state index contributed by atoms with van der Waals surface area (Å²) in [6.45, 7) is -0.0748. The Labute approximate surface area is 123 Å². The van der Waals surface area contributed by atoms with Crippen molar-refractivity contribution in [1.29, 1.82) is 0 Å². The van der Waals surface area contributed by atoms with Crippen LogP contribution in [0.25, 0.3) is 0 Å². The lowest BCUT2D eigenvalue weighted by Gasteiger charge is -2.23. The lowest BCUT2D eigenvalue weighted by Crippen LogP contribution is -2.46. The summed E-state index contributed by atoms with van der Waals surface area (Å²) in [6, 6.07) is 6.87. The molecule has 21 heavy (non-hydrogen) atoms. The Balaban J connectivity index is 2.16. The minimum atomic E-state index is -0.988. The largest absolute Gasteiger partial charge is 0.497 e. The first kappa shape index (κ1) is 15.8. The highest BCUT2D eigenvalue weighted by atomic mass is 16.5. The van der Waals surface area contributed by atoms with Crippen LogP contribution in [0.5, 0.6) is 5.75 Å². The van der Waals surface area contributed by atoms with E-state index in [1.165, 1.54) is 7.11 Å². The molecule has 0 heterocycles. The standard InChI is InChI=1S/C15H21NO5/c1-20-8-13(18)16-14-11(7-12(17)15(14)19)9-3-5-10(21-2)6-4-9/h3-6,11-12,14-15,17,19H,7-8H2,1-2H3,(H,16,18)/t11-,12-,14-,15-/m1/s1. The molecule has 0 aliphatic heterocycles. The fourth-order valence-electron chi connectivity index (χ4n) is 2.76. The van der Waals surface area contributed by atoms with Gasteiger partial charge in [-0.05, 0) is 24.1 Å². The molecule has 0 spiro atoms. The SMILES string of the molecule is COCC(=O)N[C@H]1[C@H](O)[C@H](O)C[C@@H]1c1ccc(OC)cc1. The van der Waals surface area contributed by atoms with Crippen LogP contribution in [0.15, 0.2) is 24.3 Å². The van der Waals surface area contributed by atoms with E-state index in [0.29, 0.717) is 6.42 Å². The molecule has 0 radical (unpaired) electrons. The predicted octanol–water partition coefficient (Wildman–Crippen LogP) is 0.0355. The maximum atomic E-state index is 11.7. The zero-order chi connectivity index (χ0) is 15.4. The highest BCUT2D eigenvalue weighted by Gasteiger charge is 2.43. The second kappa shape index (κ2) is 6.89. The summed E-state index contributed by atoms with van der Waals surface area (Å²) in [5.74, 6) is 0.272. The first-order chi connectivity index (χ1) is 10.1. The number of benzene rings is 1. The van der Waals surface area contributed by atoms with E-state index in [2.05, 4.69) is 5.32 Å². The number of aliphatic hydroxyl groups is 2. The maximum Gasteiger partial charge on any atom is 0.246 e. The second-order valence-corrected chi connectivity index (χ2v) is 5.20. The van der Waals surface area contributed by atoms with Gasteiger partial charge in [0.15, 0.2) is 0 Å². The van der Waals surface area contributed by atoms with Crippen molar-refractivity contribution in [2.24, 2.45) is 0 Å². The first-order valence-corrected chi connectivity index (χ1v) is 6.85. The molecule has 0 unspecified atom stereocenters. The van der Waals surface area contributed by atoms with Crippen LogP contribution in [-0.4, -0.2) is 55.2 Å². The molecule has 1 aromatic carbocycles. The molecule has 6 nitrogen and oxygen atoms in total. The van der Waals surface area contributed by atoms with Crippen molar-refractivity contribution in [2.45, 2.75) is 30.6 Å². The van der Waals surface area contributed by atoms with E-state index < -0.39 is 18.2 Å². The van der Waals surface area contributed by atoms with Crippen LogP contribution < -0.4 is 10.1 Å². The minimum Gasteiger partial charge on any atom is -0.497 e. The quantitative estimate of drug-likeness (QED) is 0.713. The number of amides is 1. The molecule has 1 aliphatic carbocycles. The smallest absolute Gasteiger partial charge is 0.246 e. The van der Waals surface area contributed by atoms with Gasteiger partial charge in [0.25, 0.3) is 0 Å². The van der Waals surface area contributed by atoms with Crippen LogP contribution in [0.4, 0.5) is 0 Å². The molecule has 1 fully saturated rings. The van der Waals surface area contributed by atoms with Crippen LogP contribution in [-0.2, 0) is 9.53 Å². The molecule has 1 aliphatic rings. The van der Waals surface area contributed by atoms with Gasteiger partial charge in [-0.15, -0.1) is 0 Å². The van der Waals surface area contributed by atoms with E-state index in [0.717, 1.165) is 11.3 Å². The van der Waals surface area contributed by atoms with Gasteiger partial charge in [-0.25, -0.2) is 0 Å². The molecule has 0 aromatic heterocycles. The Hall–Kier alpha value is -1.63. The first-order valence-electron chi connectivity index (χ1n) is 6.85. The lowest BCUT2D eigenvalue weighted by atomic mass is 9.93. The Kier molecular flexibility index (Phi) is 5.17. The van der Waals surface area contributed by atoms with Gasteiger partial charge in [0.2, 0.25) is 5.91 Å². The average Bonchev–Trinajstić information content (AvgIpc) is 2.76. The van der Waals surface area contributed by atoms with E-state index in [1.54, 1.807) is 7.11 Å². The number of nitrogens with one attached hydrogen (secondary N) is 1. The van der Waals surface area contributed by atoms with E-state index in [4.69, 9.17) is 9.47 Å². The van der Waals surface area contributed by atoms with Gasteiger partial charge >= 0.3 is 0 Å². The third kappa shape index (κ3) is 3.53. The summed E-state index contributed by atoms with van der Waals surface area (Å²) in [6.07, 6.45) is -1.45. The zero-order valence-electron chi connectivity index (χ0n) is 12.2. The Morgan fingerprint density at radius 3 is 2.52 bits per heavy atom. The summed E-state index contributed by atoms with van der Waals surface area (Å²) in [5.41, 5.74) is 0.939. The molecule has 1 amide bonds. The fourth-order valence-corrected chi connectivity index (χ4v) is 2.76. The summed E-state index contributed by atoms with van der Waals surface area (Å²) in [7, 11) is 3.02. The predicted molar refractivity (Wildman–Crippen MR) is 76.2 cm³/mol. The number of carbonyl (C=O) groups is 1. The molecular formula is C15H21NO5. The van der Waals surface area contributed by atoms with Crippen molar-refractivity contribution < 1.29 is 24.5 Å². The Bertz CT molecular complexity index is 475. The van der Waals surface area contributed by atoms with Gasteiger partial charge < -0.3 is 25.0 Å². The number of aliphatic hydroxyl groups excluding tert-OH is 2. The van der Waals surface area contributed by atoms with Crippen LogP contribution in [0.3, 0.4) is 0 Å². The normalized spacial score (nSPS) is 28.4. The van der Waals surface area contributed by atoms with Gasteiger partial charge in [0.1, 0.15) is 18.5 Å². The number of carbonyl (C=O) groups excluding carboxylic acids is 1. The highest BCUT2D eigenvalue weighted by Crippen LogP contribution is 2.35. The van der Waals surface area contributed by atoms with Gasteiger partial charge in [0.05, 0.1) is 19.3 Å². The molecule has 0 bridgehead atoms. The van der Waals surface area contributed by atoms with Crippen LogP contribution in [0.1, 0.15) is 17.9 Å². The van der Waals surface area contributed by atoms with Crippen molar-refractivity contribution in [1.82, 2.24) is 5.32 Å². The molecular weight excluding hydrogens is 274 g/mol. The van der Waals surface area contributed by atoms with Crippen LogP contribution >= 0.6 is 0 Å². The van der Waals surface area contributed by atoms with Gasteiger partial charge in [-0.2, -0.15) is 0 Å². The Morgan fingerprint density at radius 2 is 1.95 bits per heavy atom. The summed E-state index contributed by atoms with van der Waals surface area (Å²) in [4.78, 5) is 11.7. The number of hydrogen-bond acceptors (Lipinski definition) is 5. The molecule has 1 saturated carbocycles. The lowest BCUT2D eigenvalue weighted by molar-refractivity contribution is -0.126. The van der Waals surface area contributed by atoms with Crippen molar-refractivity contribution in [3.63, 3.8) is 0 Å². The van der Waals surface area contributed by atoms with Gasteiger partial charge in [-0.3, -0.25) is 4.79 Å². The molecule has 4 atom stereocenters. The second-order valence-electron chi connectivity index (χ2n) is 5.20. The molecule has 3 N–H and O–H groups in total. The third-order valence-corrected chi connectivity index (χ3v) is 3.84. The fraction of sp³-hybridized carbons (Fsp3) is 0.533. The van der Waals surface area contributed by atoms with E-state index >= 15 is 0 Å². The van der Waals surface area contributed by atoms with E-state index in [-0.39, 0.29) is 18.4 Å². The Morgan fingerprint density at radius 1 is 1.29 bits per heavy atom. The van der Waals surface area contributed by atoms with E-state index in [9.17, 15) is 15.0 Å². The number of rotatable bonds is 5.